The molecular weight excluding hydrogens is 415 g/mol. The summed E-state index contributed by atoms with van der Waals surface area (Å²) in [6, 6.07) is 2.94. The van der Waals surface area contributed by atoms with E-state index in [4.69, 9.17) is 21.1 Å². The summed E-state index contributed by atoms with van der Waals surface area (Å²) in [4.78, 5) is 13.4. The normalized spacial score (nSPS) is 20.6. The summed E-state index contributed by atoms with van der Waals surface area (Å²) in [6.07, 6.45) is -2.84. The molecule has 2 rings (SSSR count). The lowest BCUT2D eigenvalue weighted by Gasteiger charge is -2.30. The quantitative estimate of drug-likeness (QED) is 0.548. The lowest BCUT2D eigenvalue weighted by Crippen LogP contribution is -2.42. The van der Waals surface area contributed by atoms with E-state index < -0.39 is 22.8 Å². The Kier molecular flexibility index (Phi) is 7.33. The number of carbonyl (C=O) groups is 1. The summed E-state index contributed by atoms with van der Waals surface area (Å²) in [5.74, 6) is 0.0388. The van der Waals surface area contributed by atoms with Gasteiger partial charge >= 0.3 is 6.18 Å². The fraction of sp³-hybridized carbons (Fsp3) is 0.526. The molecule has 0 aliphatic carbocycles. The highest BCUT2D eigenvalue weighted by Crippen LogP contribution is 2.45. The van der Waals surface area contributed by atoms with Gasteiger partial charge in [-0.05, 0) is 52.0 Å². The van der Waals surface area contributed by atoms with Crippen LogP contribution in [0.15, 0.2) is 29.4 Å². The lowest BCUT2D eigenvalue weighted by atomic mass is 10.2. The van der Waals surface area contributed by atoms with Crippen LogP contribution in [0.5, 0.6) is 5.75 Å². The van der Waals surface area contributed by atoms with Gasteiger partial charge in [0.2, 0.25) is 0 Å². The van der Waals surface area contributed by atoms with Crippen LogP contribution in [-0.4, -0.2) is 34.9 Å². The number of alkyl halides is 3. The van der Waals surface area contributed by atoms with E-state index in [1.165, 1.54) is 17.8 Å². The van der Waals surface area contributed by atoms with Crippen molar-refractivity contribution in [1.29, 1.82) is 0 Å². The van der Waals surface area contributed by atoms with Crippen molar-refractivity contribution in [2.45, 2.75) is 51.3 Å². The number of hydrogen-bond acceptors (Lipinski definition) is 4. The van der Waals surface area contributed by atoms with Crippen molar-refractivity contribution >= 4 is 29.3 Å². The Morgan fingerprint density at radius 2 is 2.00 bits per heavy atom. The van der Waals surface area contributed by atoms with E-state index in [0.717, 1.165) is 12.1 Å². The highest BCUT2D eigenvalue weighted by atomic mass is 35.5. The number of thioether (sulfide) groups is 1. The molecule has 0 radical (unpaired) electrons. The number of carbonyl (C=O) groups excluding carboxylic acids is 1. The van der Waals surface area contributed by atoms with E-state index in [1.807, 2.05) is 20.8 Å². The molecule has 1 amide bonds. The maximum Gasteiger partial charge on any atom is 0.416 e. The third-order valence-corrected chi connectivity index (χ3v) is 5.72. The van der Waals surface area contributed by atoms with Crippen molar-refractivity contribution < 1.29 is 27.4 Å². The first-order valence-corrected chi connectivity index (χ1v) is 10.1. The van der Waals surface area contributed by atoms with E-state index in [-0.39, 0.29) is 16.7 Å². The Balaban J connectivity index is 2.00. The summed E-state index contributed by atoms with van der Waals surface area (Å²) < 4.78 is 49.8. The molecule has 28 heavy (non-hydrogen) atoms. The van der Waals surface area contributed by atoms with E-state index in [9.17, 15) is 18.0 Å². The topological polar surface area (TPSA) is 38.8 Å². The van der Waals surface area contributed by atoms with Crippen LogP contribution in [0.4, 0.5) is 13.2 Å². The predicted molar refractivity (Wildman–Crippen MR) is 104 cm³/mol. The van der Waals surface area contributed by atoms with Crippen molar-refractivity contribution in [3.63, 3.8) is 0 Å². The lowest BCUT2D eigenvalue weighted by molar-refractivity contribution is -0.146. The largest absolute Gasteiger partial charge is 0.449 e. The minimum Gasteiger partial charge on any atom is -0.449 e. The number of hydrogen-bond donors (Lipinski definition) is 0. The van der Waals surface area contributed by atoms with Crippen molar-refractivity contribution in [3.05, 3.63) is 40.0 Å². The van der Waals surface area contributed by atoms with Crippen molar-refractivity contribution in [2.24, 2.45) is 0 Å². The molecule has 1 aromatic carbocycles. The van der Waals surface area contributed by atoms with Gasteiger partial charge in [0.05, 0.1) is 10.6 Å². The van der Waals surface area contributed by atoms with Gasteiger partial charge in [-0.3, -0.25) is 4.79 Å². The molecule has 0 bridgehead atoms. The summed E-state index contributed by atoms with van der Waals surface area (Å²) >= 11 is 7.20. The molecule has 0 aromatic heterocycles. The maximum absolute atomic E-state index is 12.7. The van der Waals surface area contributed by atoms with Gasteiger partial charge in [-0.15, -0.1) is 0 Å². The van der Waals surface area contributed by atoms with Crippen LogP contribution < -0.4 is 4.74 Å². The van der Waals surface area contributed by atoms with Crippen LogP contribution >= 0.6 is 23.4 Å². The molecule has 4 nitrogen and oxygen atoms in total. The minimum absolute atomic E-state index is 0.0908. The number of nitrogens with zero attached hydrogens (tertiary/aromatic N) is 1. The Morgan fingerprint density at radius 3 is 2.54 bits per heavy atom. The second-order valence-corrected chi connectivity index (χ2v) is 8.36. The molecule has 0 fully saturated rings. The van der Waals surface area contributed by atoms with Gasteiger partial charge in [0.25, 0.3) is 5.91 Å². The minimum atomic E-state index is -4.47. The Morgan fingerprint density at radius 1 is 1.36 bits per heavy atom. The SMILES string of the molecule is CCN(CC)C(=O)C(C)OC1(C)CC=C(Oc2ccc(C(F)(F)F)cc2Cl)S1. The number of amides is 1. The zero-order chi connectivity index (χ0) is 21.1. The van der Waals surface area contributed by atoms with Crippen LogP contribution in [-0.2, 0) is 15.7 Å². The van der Waals surface area contributed by atoms with Crippen molar-refractivity contribution in [3.8, 4) is 5.75 Å². The van der Waals surface area contributed by atoms with Gasteiger partial charge in [0.1, 0.15) is 16.8 Å². The Hall–Kier alpha value is -1.38. The van der Waals surface area contributed by atoms with Crippen molar-refractivity contribution in [2.75, 3.05) is 13.1 Å². The smallest absolute Gasteiger partial charge is 0.416 e. The second-order valence-electron chi connectivity index (χ2n) is 6.48. The monoisotopic (exact) mass is 437 g/mol. The molecule has 9 heteroatoms. The number of benzene rings is 1. The number of ether oxygens (including phenoxy) is 2. The Labute approximate surface area is 172 Å². The molecule has 0 saturated carbocycles. The molecule has 1 aromatic rings. The van der Waals surface area contributed by atoms with Crippen LogP contribution in [0.3, 0.4) is 0 Å². The molecule has 0 saturated heterocycles. The third-order valence-electron chi connectivity index (χ3n) is 4.27. The first kappa shape index (κ1) is 22.9. The molecule has 1 heterocycles. The molecule has 156 valence electrons. The molecular formula is C19H23ClF3NO3S. The molecule has 0 N–H and O–H groups in total. The molecule has 0 spiro atoms. The van der Waals surface area contributed by atoms with E-state index in [1.54, 1.807) is 17.9 Å². The zero-order valence-electron chi connectivity index (χ0n) is 16.1. The molecule has 1 aliphatic heterocycles. The first-order chi connectivity index (χ1) is 13.0. The highest BCUT2D eigenvalue weighted by molar-refractivity contribution is 8.04. The van der Waals surface area contributed by atoms with Gasteiger partial charge < -0.3 is 14.4 Å². The van der Waals surface area contributed by atoms with Gasteiger partial charge in [-0.2, -0.15) is 13.2 Å². The fourth-order valence-electron chi connectivity index (χ4n) is 2.78. The summed E-state index contributed by atoms with van der Waals surface area (Å²) in [7, 11) is 0. The average molecular weight is 438 g/mol. The molecule has 1 aliphatic rings. The van der Waals surface area contributed by atoms with Crippen molar-refractivity contribution in [1.82, 2.24) is 4.90 Å². The standard InChI is InChI=1S/C19H23ClF3NO3S/c1-5-24(6-2)17(25)12(3)27-18(4)10-9-16(28-18)26-15-8-7-13(11-14(15)20)19(21,22)23/h7-9,11-12H,5-6,10H2,1-4H3. The second kappa shape index (κ2) is 8.97. The van der Waals surface area contributed by atoms with Gasteiger partial charge in [0, 0.05) is 19.5 Å². The van der Waals surface area contributed by atoms with Crippen LogP contribution in [0.1, 0.15) is 39.7 Å². The van der Waals surface area contributed by atoms with Gasteiger partial charge in [-0.1, -0.05) is 23.4 Å². The molecule has 2 atom stereocenters. The van der Waals surface area contributed by atoms with Crippen LogP contribution in [0.25, 0.3) is 0 Å². The molecule has 2 unspecified atom stereocenters. The average Bonchev–Trinajstić information content (AvgIpc) is 2.97. The van der Waals surface area contributed by atoms with E-state index in [2.05, 4.69) is 0 Å². The maximum atomic E-state index is 12.7. The van der Waals surface area contributed by atoms with E-state index in [0.29, 0.717) is 24.6 Å². The van der Waals surface area contributed by atoms with Crippen LogP contribution in [0, 0.1) is 0 Å². The summed E-state index contributed by atoms with van der Waals surface area (Å²) in [6.45, 7) is 8.56. The summed E-state index contributed by atoms with van der Waals surface area (Å²) in [5.41, 5.74) is -0.838. The summed E-state index contributed by atoms with van der Waals surface area (Å²) in [5, 5.41) is 0.336. The Bertz CT molecular complexity index is 752. The van der Waals surface area contributed by atoms with E-state index >= 15 is 0 Å². The number of halogens is 4. The van der Waals surface area contributed by atoms with Gasteiger partial charge in [-0.25, -0.2) is 0 Å². The first-order valence-electron chi connectivity index (χ1n) is 8.89. The number of rotatable bonds is 7. The van der Waals surface area contributed by atoms with Gasteiger partial charge in [0.15, 0.2) is 5.09 Å². The predicted octanol–water partition coefficient (Wildman–Crippen LogP) is 5.71. The fourth-order valence-corrected chi connectivity index (χ4v) is 4.09. The highest BCUT2D eigenvalue weighted by Gasteiger charge is 2.37. The van der Waals surface area contributed by atoms with Crippen LogP contribution in [0.2, 0.25) is 5.02 Å². The zero-order valence-corrected chi connectivity index (χ0v) is 17.7. The number of likely N-dealkylation sites (N-methyl/N-ethyl adjacent to an activating group) is 1. The third kappa shape index (κ3) is 5.58.